The smallest absolute Gasteiger partial charge is 0.0675 e. The average molecular weight is 227 g/mol. The first-order valence-electron chi connectivity index (χ1n) is 2.82. The van der Waals surface area contributed by atoms with Gasteiger partial charge < -0.3 is 10.4 Å². The molecule has 0 spiro atoms. The fourth-order valence-electron chi connectivity index (χ4n) is 0.868. The minimum absolute atomic E-state index is 0.106. The third-order valence-corrected chi connectivity index (χ3v) is 2.22. The van der Waals surface area contributed by atoms with Crippen LogP contribution in [0.2, 0.25) is 0 Å². The molecule has 1 heterocycles. The van der Waals surface area contributed by atoms with E-state index in [1.54, 1.807) is 0 Å². The van der Waals surface area contributed by atoms with E-state index < -0.39 is 0 Å². The van der Waals surface area contributed by atoms with Crippen molar-refractivity contribution >= 4 is 22.6 Å². The van der Waals surface area contributed by atoms with Gasteiger partial charge >= 0.3 is 0 Å². The molecule has 0 aromatic rings. The minimum Gasteiger partial charge on any atom is -0.392 e. The molecule has 1 saturated heterocycles. The van der Waals surface area contributed by atoms with Gasteiger partial charge in [-0.1, -0.05) is 22.6 Å². The minimum atomic E-state index is -0.106. The molecule has 1 rings (SSSR count). The molecule has 2 N–H and O–H groups in total. The zero-order valence-corrected chi connectivity index (χ0v) is 6.76. The summed E-state index contributed by atoms with van der Waals surface area (Å²) < 4.78 is 0.622. The molecule has 0 amide bonds. The number of β-amino-alcohol motifs (C(OH)–C–C–N with tert-alkyl or cyclic N) is 1. The molecule has 1 aliphatic heterocycles. The van der Waals surface area contributed by atoms with Gasteiger partial charge in [-0.05, 0) is 6.42 Å². The monoisotopic (exact) mass is 227 g/mol. The van der Waals surface area contributed by atoms with Crippen molar-refractivity contribution in [2.45, 2.75) is 16.4 Å². The summed E-state index contributed by atoms with van der Waals surface area (Å²) in [6.07, 6.45) is 0.846. The summed E-state index contributed by atoms with van der Waals surface area (Å²) in [4.78, 5) is 0. The van der Waals surface area contributed by atoms with Gasteiger partial charge in [0.25, 0.3) is 0 Å². The second-order valence-electron chi connectivity index (χ2n) is 2.15. The third-order valence-electron chi connectivity index (χ3n) is 1.27. The van der Waals surface area contributed by atoms with Crippen molar-refractivity contribution in [1.29, 1.82) is 0 Å². The predicted octanol–water partition coefficient (Wildman–Crippen LogP) is 0.144. The van der Waals surface area contributed by atoms with Crippen molar-refractivity contribution in [3.8, 4) is 0 Å². The van der Waals surface area contributed by atoms with E-state index in [9.17, 15) is 0 Å². The molecular formula is C5H10INO. The summed E-state index contributed by atoms with van der Waals surface area (Å²) in [6, 6.07) is 0. The van der Waals surface area contributed by atoms with Crippen LogP contribution in [0.1, 0.15) is 6.42 Å². The van der Waals surface area contributed by atoms with Crippen LogP contribution in [-0.2, 0) is 0 Å². The summed E-state index contributed by atoms with van der Waals surface area (Å²) >= 11 is 2.35. The Balaban J connectivity index is 2.23. The molecule has 1 fully saturated rings. The molecule has 2 nitrogen and oxygen atoms in total. The van der Waals surface area contributed by atoms with E-state index in [-0.39, 0.29) is 6.10 Å². The van der Waals surface area contributed by atoms with Gasteiger partial charge in [0.2, 0.25) is 0 Å². The lowest BCUT2D eigenvalue weighted by Gasteiger charge is -2.22. The van der Waals surface area contributed by atoms with Gasteiger partial charge in [0.05, 0.1) is 6.10 Å². The van der Waals surface area contributed by atoms with E-state index in [2.05, 4.69) is 27.9 Å². The molecule has 2 unspecified atom stereocenters. The SMILES string of the molecule is OC1CNCC(I)C1. The summed E-state index contributed by atoms with van der Waals surface area (Å²) in [7, 11) is 0. The van der Waals surface area contributed by atoms with Crippen molar-refractivity contribution in [1.82, 2.24) is 5.32 Å². The molecule has 8 heavy (non-hydrogen) atoms. The Hall–Kier alpha value is 0.650. The highest BCUT2D eigenvalue weighted by Gasteiger charge is 2.15. The predicted molar refractivity (Wildman–Crippen MR) is 41.3 cm³/mol. The zero-order chi connectivity index (χ0) is 5.98. The van der Waals surface area contributed by atoms with E-state index in [4.69, 9.17) is 5.11 Å². The van der Waals surface area contributed by atoms with Crippen molar-refractivity contribution in [2.24, 2.45) is 0 Å². The maximum absolute atomic E-state index is 9.01. The second kappa shape index (κ2) is 2.98. The van der Waals surface area contributed by atoms with Crippen LogP contribution in [0.25, 0.3) is 0 Å². The van der Waals surface area contributed by atoms with E-state index in [1.807, 2.05) is 0 Å². The van der Waals surface area contributed by atoms with Gasteiger partial charge in [0, 0.05) is 17.0 Å². The van der Waals surface area contributed by atoms with Crippen molar-refractivity contribution in [2.75, 3.05) is 13.1 Å². The number of aliphatic hydroxyl groups excluding tert-OH is 1. The van der Waals surface area contributed by atoms with Crippen molar-refractivity contribution < 1.29 is 5.11 Å². The number of piperidine rings is 1. The highest BCUT2D eigenvalue weighted by atomic mass is 127. The lowest BCUT2D eigenvalue weighted by atomic mass is 10.1. The number of hydrogen-bond donors (Lipinski definition) is 2. The summed E-state index contributed by atoms with van der Waals surface area (Å²) in [6.45, 7) is 1.83. The van der Waals surface area contributed by atoms with Crippen LogP contribution in [0.4, 0.5) is 0 Å². The number of halogens is 1. The molecular weight excluding hydrogens is 217 g/mol. The summed E-state index contributed by atoms with van der Waals surface area (Å²) in [5, 5.41) is 12.1. The molecule has 0 bridgehead atoms. The standard InChI is InChI=1S/C5H10INO/c6-4-1-5(8)3-7-2-4/h4-5,7-8H,1-3H2. The average Bonchev–Trinajstić information content (AvgIpc) is 1.64. The van der Waals surface area contributed by atoms with Crippen LogP contribution in [-0.4, -0.2) is 28.2 Å². The number of nitrogens with one attached hydrogen (secondary N) is 1. The zero-order valence-electron chi connectivity index (χ0n) is 4.60. The second-order valence-corrected chi connectivity index (χ2v) is 3.91. The van der Waals surface area contributed by atoms with Gasteiger partial charge in [-0.3, -0.25) is 0 Å². The Labute approximate surface area is 62.8 Å². The normalized spacial score (nSPS) is 39.8. The van der Waals surface area contributed by atoms with E-state index in [1.165, 1.54) is 0 Å². The summed E-state index contributed by atoms with van der Waals surface area (Å²) in [5.41, 5.74) is 0. The molecule has 48 valence electrons. The molecule has 0 aromatic carbocycles. The van der Waals surface area contributed by atoms with E-state index >= 15 is 0 Å². The van der Waals surface area contributed by atoms with Crippen molar-refractivity contribution in [3.05, 3.63) is 0 Å². The Bertz CT molecular complexity index is 70.8. The van der Waals surface area contributed by atoms with Gasteiger partial charge in [-0.25, -0.2) is 0 Å². The van der Waals surface area contributed by atoms with Crippen LogP contribution in [0.5, 0.6) is 0 Å². The molecule has 2 atom stereocenters. The lowest BCUT2D eigenvalue weighted by Crippen LogP contribution is -2.39. The number of rotatable bonds is 0. The fourth-order valence-corrected chi connectivity index (χ4v) is 1.77. The molecule has 0 aromatic heterocycles. The Kier molecular flexibility index (Phi) is 2.52. The van der Waals surface area contributed by atoms with Gasteiger partial charge in [0.1, 0.15) is 0 Å². The molecule has 3 heteroatoms. The quantitative estimate of drug-likeness (QED) is 0.456. The van der Waals surface area contributed by atoms with E-state index in [0.717, 1.165) is 19.5 Å². The van der Waals surface area contributed by atoms with Gasteiger partial charge in [-0.2, -0.15) is 0 Å². The lowest BCUT2D eigenvalue weighted by molar-refractivity contribution is 0.147. The number of aliphatic hydroxyl groups is 1. The first-order valence-corrected chi connectivity index (χ1v) is 4.06. The molecule has 0 saturated carbocycles. The fraction of sp³-hybridized carbons (Fsp3) is 1.00. The van der Waals surface area contributed by atoms with Crippen LogP contribution in [0, 0.1) is 0 Å². The highest BCUT2D eigenvalue weighted by Crippen LogP contribution is 2.10. The Morgan fingerprint density at radius 1 is 1.50 bits per heavy atom. The number of alkyl halides is 1. The maximum Gasteiger partial charge on any atom is 0.0675 e. The van der Waals surface area contributed by atoms with Crippen molar-refractivity contribution in [3.63, 3.8) is 0 Å². The molecule has 0 radical (unpaired) electrons. The topological polar surface area (TPSA) is 32.3 Å². The van der Waals surface area contributed by atoms with Crippen LogP contribution >= 0.6 is 22.6 Å². The van der Waals surface area contributed by atoms with Gasteiger partial charge in [0.15, 0.2) is 0 Å². The van der Waals surface area contributed by atoms with Crippen LogP contribution < -0.4 is 5.32 Å². The van der Waals surface area contributed by atoms with Gasteiger partial charge in [-0.15, -0.1) is 0 Å². The largest absolute Gasteiger partial charge is 0.392 e. The summed E-state index contributed by atoms with van der Waals surface area (Å²) in [5.74, 6) is 0. The maximum atomic E-state index is 9.01. The molecule has 0 aliphatic carbocycles. The Morgan fingerprint density at radius 2 is 2.25 bits per heavy atom. The van der Waals surface area contributed by atoms with Crippen LogP contribution in [0.15, 0.2) is 0 Å². The first kappa shape index (κ1) is 6.77. The highest BCUT2D eigenvalue weighted by molar-refractivity contribution is 14.1. The third kappa shape index (κ3) is 1.87. The number of hydrogen-bond acceptors (Lipinski definition) is 2. The molecule has 1 aliphatic rings. The van der Waals surface area contributed by atoms with Crippen LogP contribution in [0.3, 0.4) is 0 Å². The Morgan fingerprint density at radius 3 is 2.62 bits per heavy atom. The van der Waals surface area contributed by atoms with E-state index in [0.29, 0.717) is 3.92 Å². The first-order chi connectivity index (χ1) is 3.79.